The number of benzene rings is 3. The summed E-state index contributed by atoms with van der Waals surface area (Å²) in [4.78, 5) is 42.8. The second-order valence-electron chi connectivity index (χ2n) is 8.35. The van der Waals surface area contributed by atoms with Crippen molar-refractivity contribution in [1.29, 1.82) is 0 Å². The van der Waals surface area contributed by atoms with Crippen LogP contribution in [0.15, 0.2) is 78.9 Å². The van der Waals surface area contributed by atoms with Crippen molar-refractivity contribution in [1.82, 2.24) is 9.80 Å². The standard InChI is InChI=1S/C28H27ClN2O4/c1-2-35-25(32)19-30(18-21-8-4-3-5-9-21)28(34)26-23-10-6-7-11-24(23)27(33)31(26)17-16-20-12-14-22(29)15-13-20/h3-15,26H,2,16-19H2,1H3. The predicted molar refractivity (Wildman–Crippen MR) is 134 cm³/mol. The van der Waals surface area contributed by atoms with Gasteiger partial charge in [0.25, 0.3) is 11.8 Å². The van der Waals surface area contributed by atoms with E-state index >= 15 is 0 Å². The number of amides is 2. The highest BCUT2D eigenvalue weighted by Gasteiger charge is 2.42. The third kappa shape index (κ3) is 5.72. The molecule has 0 radical (unpaired) electrons. The molecule has 0 saturated heterocycles. The number of hydrogen-bond donors (Lipinski definition) is 0. The fourth-order valence-corrected chi connectivity index (χ4v) is 4.44. The quantitative estimate of drug-likeness (QED) is 0.409. The van der Waals surface area contributed by atoms with Crippen molar-refractivity contribution in [2.75, 3.05) is 19.7 Å². The Balaban J connectivity index is 1.63. The zero-order valence-corrected chi connectivity index (χ0v) is 20.3. The highest BCUT2D eigenvalue weighted by Crippen LogP contribution is 2.35. The Kier molecular flexibility index (Phi) is 7.83. The lowest BCUT2D eigenvalue weighted by Gasteiger charge is -2.30. The molecule has 35 heavy (non-hydrogen) atoms. The Morgan fingerprint density at radius 3 is 2.34 bits per heavy atom. The molecule has 0 aromatic heterocycles. The van der Waals surface area contributed by atoms with E-state index in [1.807, 2.05) is 54.6 Å². The number of esters is 1. The van der Waals surface area contributed by atoms with Gasteiger partial charge in [-0.05, 0) is 48.2 Å². The summed E-state index contributed by atoms with van der Waals surface area (Å²) in [6.07, 6.45) is 0.567. The topological polar surface area (TPSA) is 66.9 Å². The van der Waals surface area contributed by atoms with Crippen molar-refractivity contribution >= 4 is 29.4 Å². The molecule has 2 amide bonds. The van der Waals surface area contributed by atoms with Crippen LogP contribution in [0.5, 0.6) is 0 Å². The number of fused-ring (bicyclic) bond motifs is 1. The average molecular weight is 491 g/mol. The molecule has 3 aromatic carbocycles. The van der Waals surface area contributed by atoms with Gasteiger partial charge in [-0.1, -0.05) is 72.3 Å². The van der Waals surface area contributed by atoms with Gasteiger partial charge in [-0.15, -0.1) is 0 Å². The van der Waals surface area contributed by atoms with Gasteiger partial charge in [0.15, 0.2) is 0 Å². The second kappa shape index (κ2) is 11.2. The summed E-state index contributed by atoms with van der Waals surface area (Å²) in [5.74, 6) is -0.984. The molecule has 3 aromatic rings. The lowest BCUT2D eigenvalue weighted by atomic mass is 10.0. The molecule has 0 N–H and O–H groups in total. The minimum absolute atomic E-state index is 0.191. The number of halogens is 1. The van der Waals surface area contributed by atoms with E-state index in [0.29, 0.717) is 29.1 Å². The largest absolute Gasteiger partial charge is 0.465 e. The maximum Gasteiger partial charge on any atom is 0.325 e. The van der Waals surface area contributed by atoms with Gasteiger partial charge in [0.05, 0.1) is 6.61 Å². The smallest absolute Gasteiger partial charge is 0.325 e. The van der Waals surface area contributed by atoms with Crippen molar-refractivity contribution in [2.24, 2.45) is 0 Å². The van der Waals surface area contributed by atoms with Gasteiger partial charge < -0.3 is 14.5 Å². The second-order valence-corrected chi connectivity index (χ2v) is 8.79. The first kappa shape index (κ1) is 24.5. The molecule has 1 aliphatic rings. The number of nitrogens with zero attached hydrogens (tertiary/aromatic N) is 2. The predicted octanol–water partition coefficient (Wildman–Crippen LogP) is 4.67. The average Bonchev–Trinajstić information content (AvgIpc) is 3.15. The van der Waals surface area contributed by atoms with Crippen molar-refractivity contribution in [3.8, 4) is 0 Å². The first-order valence-corrected chi connectivity index (χ1v) is 12.0. The van der Waals surface area contributed by atoms with Crippen LogP contribution < -0.4 is 0 Å². The van der Waals surface area contributed by atoms with Gasteiger partial charge in [0.1, 0.15) is 12.6 Å². The summed E-state index contributed by atoms with van der Waals surface area (Å²) in [5.41, 5.74) is 3.06. The maximum atomic E-state index is 14.0. The molecule has 7 heteroatoms. The molecule has 180 valence electrons. The van der Waals surface area contributed by atoms with Crippen molar-refractivity contribution < 1.29 is 19.1 Å². The molecule has 1 aliphatic heterocycles. The van der Waals surface area contributed by atoms with Crippen molar-refractivity contribution in [2.45, 2.75) is 25.9 Å². The molecular formula is C28H27ClN2O4. The van der Waals surface area contributed by atoms with Gasteiger partial charge in [-0.25, -0.2) is 0 Å². The van der Waals surface area contributed by atoms with Crippen LogP contribution in [-0.2, 0) is 27.3 Å². The van der Waals surface area contributed by atoms with Crippen molar-refractivity contribution in [3.63, 3.8) is 0 Å². The number of carbonyl (C=O) groups excluding carboxylic acids is 3. The Hall–Kier alpha value is -3.64. The summed E-state index contributed by atoms with van der Waals surface area (Å²) in [7, 11) is 0. The summed E-state index contributed by atoms with van der Waals surface area (Å²) in [5, 5.41) is 0.641. The molecule has 0 bridgehead atoms. The number of carbonyl (C=O) groups is 3. The van der Waals surface area contributed by atoms with E-state index in [4.69, 9.17) is 16.3 Å². The lowest BCUT2D eigenvalue weighted by Crippen LogP contribution is -2.44. The number of ether oxygens (including phenoxy) is 1. The fourth-order valence-electron chi connectivity index (χ4n) is 4.32. The first-order valence-electron chi connectivity index (χ1n) is 11.6. The summed E-state index contributed by atoms with van der Waals surface area (Å²) >= 11 is 6.00. The third-order valence-electron chi connectivity index (χ3n) is 6.00. The molecule has 1 heterocycles. The van der Waals surface area contributed by atoms with Crippen molar-refractivity contribution in [3.05, 3.63) is 106 Å². The Bertz CT molecular complexity index is 1200. The minimum Gasteiger partial charge on any atom is -0.465 e. The van der Waals surface area contributed by atoms with Crippen LogP contribution in [0.4, 0.5) is 0 Å². The van der Waals surface area contributed by atoms with Gasteiger partial charge in [0, 0.05) is 23.7 Å². The van der Waals surface area contributed by atoms with Gasteiger partial charge in [-0.3, -0.25) is 14.4 Å². The Morgan fingerprint density at radius 1 is 0.943 bits per heavy atom. The Labute approximate surface area is 210 Å². The molecule has 0 fully saturated rings. The van der Waals surface area contributed by atoms with Gasteiger partial charge >= 0.3 is 5.97 Å². The zero-order chi connectivity index (χ0) is 24.8. The monoisotopic (exact) mass is 490 g/mol. The van der Waals surface area contributed by atoms with E-state index in [0.717, 1.165) is 11.1 Å². The minimum atomic E-state index is -0.816. The van der Waals surface area contributed by atoms with Crippen LogP contribution in [0, 0.1) is 0 Å². The molecule has 4 rings (SSSR count). The van der Waals surface area contributed by atoms with Crippen LogP contribution in [0.3, 0.4) is 0 Å². The van der Waals surface area contributed by atoms with E-state index < -0.39 is 12.0 Å². The van der Waals surface area contributed by atoms with Crippen LogP contribution in [0.2, 0.25) is 5.02 Å². The van der Waals surface area contributed by atoms with Crippen LogP contribution in [0.1, 0.15) is 40.0 Å². The molecule has 6 nitrogen and oxygen atoms in total. The highest BCUT2D eigenvalue weighted by molar-refractivity contribution is 6.30. The lowest BCUT2D eigenvalue weighted by molar-refractivity contribution is -0.150. The summed E-state index contributed by atoms with van der Waals surface area (Å²) in [6.45, 7) is 2.34. The van der Waals surface area contributed by atoms with Crippen LogP contribution in [-0.4, -0.2) is 47.3 Å². The molecule has 0 spiro atoms. The molecule has 0 aliphatic carbocycles. The van der Waals surface area contributed by atoms with E-state index in [1.54, 1.807) is 36.1 Å². The Morgan fingerprint density at radius 2 is 1.63 bits per heavy atom. The first-order chi connectivity index (χ1) is 17.0. The van der Waals surface area contributed by atoms with Gasteiger partial charge in [-0.2, -0.15) is 0 Å². The summed E-state index contributed by atoms with van der Waals surface area (Å²) in [6, 6.07) is 23.3. The number of rotatable bonds is 9. The normalized spacial score (nSPS) is 14.5. The summed E-state index contributed by atoms with van der Waals surface area (Å²) < 4.78 is 5.13. The number of hydrogen-bond acceptors (Lipinski definition) is 4. The van der Waals surface area contributed by atoms with E-state index in [-0.39, 0.29) is 31.5 Å². The highest BCUT2D eigenvalue weighted by atomic mass is 35.5. The van der Waals surface area contributed by atoms with E-state index in [2.05, 4.69) is 0 Å². The van der Waals surface area contributed by atoms with Gasteiger partial charge in [0.2, 0.25) is 0 Å². The zero-order valence-electron chi connectivity index (χ0n) is 19.5. The van der Waals surface area contributed by atoms with Crippen LogP contribution in [0.25, 0.3) is 0 Å². The molecule has 1 unspecified atom stereocenters. The fraction of sp³-hybridized carbons (Fsp3) is 0.250. The third-order valence-corrected chi connectivity index (χ3v) is 6.25. The molecule has 0 saturated carbocycles. The molecule has 1 atom stereocenters. The van der Waals surface area contributed by atoms with E-state index in [9.17, 15) is 14.4 Å². The molecular weight excluding hydrogens is 464 g/mol. The van der Waals surface area contributed by atoms with Crippen LogP contribution >= 0.6 is 11.6 Å². The maximum absolute atomic E-state index is 14.0. The SMILES string of the molecule is CCOC(=O)CN(Cc1ccccc1)C(=O)C1c2ccccc2C(=O)N1CCc1ccc(Cl)cc1. The van der Waals surface area contributed by atoms with E-state index in [1.165, 1.54) is 4.90 Å².